The highest BCUT2D eigenvalue weighted by Crippen LogP contribution is 2.06. The van der Waals surface area contributed by atoms with Crippen LogP contribution in [0.15, 0.2) is 30.5 Å². The summed E-state index contributed by atoms with van der Waals surface area (Å²) in [5.74, 6) is 1.02. The normalized spacial score (nSPS) is 8.88. The third-order valence-electron chi connectivity index (χ3n) is 1.57. The maximum atomic E-state index is 5.44. The molecule has 17 heavy (non-hydrogen) atoms. The number of halogens is 1. The molecule has 2 rings (SSSR count). The number of rotatable bonds is 2. The third kappa shape index (κ3) is 5.07. The molecular formula is C10H11ClN4O2. The van der Waals surface area contributed by atoms with Crippen LogP contribution in [-0.2, 0) is 0 Å². The van der Waals surface area contributed by atoms with Crippen molar-refractivity contribution in [3.8, 4) is 11.8 Å². The van der Waals surface area contributed by atoms with Gasteiger partial charge < -0.3 is 9.47 Å². The van der Waals surface area contributed by atoms with Crippen molar-refractivity contribution < 1.29 is 9.47 Å². The minimum atomic E-state index is 0.371. The van der Waals surface area contributed by atoms with Crippen molar-refractivity contribution >= 4 is 11.6 Å². The van der Waals surface area contributed by atoms with Crippen molar-refractivity contribution in [3.63, 3.8) is 0 Å². The van der Waals surface area contributed by atoms with E-state index in [-0.39, 0.29) is 0 Å². The molecule has 0 unspecified atom stereocenters. The number of aromatic nitrogens is 4. The Kier molecular flexibility index (Phi) is 5.67. The van der Waals surface area contributed by atoms with Crippen molar-refractivity contribution in [2.45, 2.75) is 0 Å². The Morgan fingerprint density at radius 1 is 0.941 bits per heavy atom. The monoisotopic (exact) mass is 254 g/mol. The maximum Gasteiger partial charge on any atom is 0.233 e. The van der Waals surface area contributed by atoms with E-state index >= 15 is 0 Å². The highest BCUT2D eigenvalue weighted by atomic mass is 35.5. The van der Waals surface area contributed by atoms with Gasteiger partial charge in [0.2, 0.25) is 11.8 Å². The lowest BCUT2D eigenvalue weighted by Crippen LogP contribution is -1.88. The Balaban J connectivity index is 0.000000171. The highest BCUT2D eigenvalue weighted by Gasteiger charge is 1.90. The van der Waals surface area contributed by atoms with E-state index in [0.717, 1.165) is 0 Å². The zero-order valence-electron chi connectivity index (χ0n) is 9.37. The lowest BCUT2D eigenvalue weighted by molar-refractivity contribution is 0.392. The quantitative estimate of drug-likeness (QED) is 0.811. The van der Waals surface area contributed by atoms with Crippen molar-refractivity contribution in [1.29, 1.82) is 0 Å². The van der Waals surface area contributed by atoms with Gasteiger partial charge in [-0.25, -0.2) is 0 Å². The first-order valence-corrected chi connectivity index (χ1v) is 4.99. The molecule has 0 radical (unpaired) electrons. The van der Waals surface area contributed by atoms with Gasteiger partial charge in [-0.05, 0) is 12.1 Å². The topological polar surface area (TPSA) is 70.0 Å². The number of hydrogen-bond acceptors (Lipinski definition) is 6. The standard InChI is InChI=1S/C5H5ClN2O.C5H6N2O/c1-9-5-3-2-4(6)7-8-5;1-8-5-3-2-4-6-7-5/h2-3H,1H3;2-4H,1H3. The van der Waals surface area contributed by atoms with Crippen LogP contribution in [0.3, 0.4) is 0 Å². The predicted octanol–water partition coefficient (Wildman–Crippen LogP) is 1.62. The Morgan fingerprint density at radius 3 is 2.06 bits per heavy atom. The molecule has 0 saturated heterocycles. The Labute approximate surface area is 104 Å². The zero-order chi connectivity index (χ0) is 12.5. The number of ether oxygens (including phenoxy) is 2. The number of methoxy groups -OCH3 is 2. The second-order valence-electron chi connectivity index (χ2n) is 2.66. The molecule has 90 valence electrons. The van der Waals surface area contributed by atoms with E-state index < -0.39 is 0 Å². The molecule has 2 heterocycles. The van der Waals surface area contributed by atoms with Crippen LogP contribution in [-0.4, -0.2) is 34.6 Å². The lowest BCUT2D eigenvalue weighted by Gasteiger charge is -1.93. The first-order chi connectivity index (χ1) is 8.26. The van der Waals surface area contributed by atoms with Gasteiger partial charge in [0.25, 0.3) is 0 Å². The molecule has 0 aromatic carbocycles. The van der Waals surface area contributed by atoms with Gasteiger partial charge in [-0.3, -0.25) is 0 Å². The SMILES string of the molecule is COc1ccc(Cl)nn1.COc1cccnn1. The van der Waals surface area contributed by atoms with Crippen LogP contribution < -0.4 is 9.47 Å². The molecule has 7 heteroatoms. The van der Waals surface area contributed by atoms with E-state index in [1.54, 1.807) is 37.6 Å². The second kappa shape index (κ2) is 7.34. The van der Waals surface area contributed by atoms with E-state index in [1.165, 1.54) is 7.11 Å². The van der Waals surface area contributed by atoms with Gasteiger partial charge in [0.15, 0.2) is 5.15 Å². The molecule has 2 aromatic rings. The van der Waals surface area contributed by atoms with Crippen LogP contribution in [0.25, 0.3) is 0 Å². The molecule has 0 amide bonds. The average molecular weight is 255 g/mol. The van der Waals surface area contributed by atoms with E-state index in [4.69, 9.17) is 21.1 Å². The molecule has 6 nitrogen and oxygen atoms in total. The molecule has 0 aliphatic rings. The summed E-state index contributed by atoms with van der Waals surface area (Å²) in [7, 11) is 3.09. The van der Waals surface area contributed by atoms with Gasteiger partial charge in [-0.2, -0.15) is 5.10 Å². The van der Waals surface area contributed by atoms with E-state index in [9.17, 15) is 0 Å². The number of hydrogen-bond donors (Lipinski definition) is 0. The summed E-state index contributed by atoms with van der Waals surface area (Å²) in [6, 6.07) is 6.78. The van der Waals surface area contributed by atoms with Gasteiger partial charge in [0, 0.05) is 18.3 Å². The molecular weight excluding hydrogens is 244 g/mol. The van der Waals surface area contributed by atoms with Crippen molar-refractivity contribution in [3.05, 3.63) is 35.6 Å². The van der Waals surface area contributed by atoms with Crippen LogP contribution in [0, 0.1) is 0 Å². The summed E-state index contributed by atoms with van der Waals surface area (Å²) in [6.07, 6.45) is 1.60. The largest absolute Gasteiger partial charge is 0.480 e. The molecule has 0 aliphatic carbocycles. The lowest BCUT2D eigenvalue weighted by atomic mass is 10.6. The summed E-state index contributed by atoms with van der Waals surface area (Å²) < 4.78 is 9.48. The van der Waals surface area contributed by atoms with Gasteiger partial charge in [-0.1, -0.05) is 11.6 Å². The van der Waals surface area contributed by atoms with Crippen LogP contribution in [0.4, 0.5) is 0 Å². The Hall–Kier alpha value is -1.95. The average Bonchev–Trinajstić information content (AvgIpc) is 2.41. The zero-order valence-corrected chi connectivity index (χ0v) is 10.1. The molecule has 0 spiro atoms. The Morgan fingerprint density at radius 2 is 1.65 bits per heavy atom. The van der Waals surface area contributed by atoms with Gasteiger partial charge in [0.1, 0.15) is 0 Å². The van der Waals surface area contributed by atoms with E-state index in [1.807, 2.05) is 0 Å². The third-order valence-corrected chi connectivity index (χ3v) is 1.78. The summed E-state index contributed by atoms with van der Waals surface area (Å²) in [6.45, 7) is 0. The van der Waals surface area contributed by atoms with Crippen LogP contribution in [0.2, 0.25) is 5.15 Å². The van der Waals surface area contributed by atoms with Crippen molar-refractivity contribution in [2.24, 2.45) is 0 Å². The van der Waals surface area contributed by atoms with Gasteiger partial charge >= 0.3 is 0 Å². The highest BCUT2D eigenvalue weighted by molar-refractivity contribution is 6.29. The maximum absolute atomic E-state index is 5.44. The fourth-order valence-electron chi connectivity index (χ4n) is 0.809. The fraction of sp³-hybridized carbons (Fsp3) is 0.200. The summed E-state index contributed by atoms with van der Waals surface area (Å²) in [4.78, 5) is 0. The summed E-state index contributed by atoms with van der Waals surface area (Å²) in [5, 5.41) is 14.7. The molecule has 0 N–H and O–H groups in total. The number of nitrogens with zero attached hydrogens (tertiary/aromatic N) is 4. The molecule has 0 bridgehead atoms. The minimum absolute atomic E-state index is 0.371. The fourth-order valence-corrected chi connectivity index (χ4v) is 0.910. The first-order valence-electron chi connectivity index (χ1n) is 4.61. The van der Waals surface area contributed by atoms with Crippen molar-refractivity contribution in [2.75, 3.05) is 14.2 Å². The van der Waals surface area contributed by atoms with Gasteiger partial charge in [0.05, 0.1) is 14.2 Å². The van der Waals surface area contributed by atoms with Crippen molar-refractivity contribution in [1.82, 2.24) is 20.4 Å². The van der Waals surface area contributed by atoms with Crippen LogP contribution in [0.1, 0.15) is 0 Å². The molecule has 0 fully saturated rings. The van der Waals surface area contributed by atoms with Crippen LogP contribution in [0.5, 0.6) is 11.8 Å². The molecule has 0 aliphatic heterocycles. The van der Waals surface area contributed by atoms with E-state index in [2.05, 4.69) is 20.4 Å². The van der Waals surface area contributed by atoms with E-state index in [0.29, 0.717) is 16.9 Å². The first kappa shape index (κ1) is 13.1. The summed E-state index contributed by atoms with van der Waals surface area (Å²) in [5.41, 5.74) is 0. The molecule has 0 saturated carbocycles. The summed E-state index contributed by atoms with van der Waals surface area (Å²) >= 11 is 5.44. The second-order valence-corrected chi connectivity index (χ2v) is 3.05. The Bertz CT molecular complexity index is 424. The van der Waals surface area contributed by atoms with Gasteiger partial charge in [-0.15, -0.1) is 15.3 Å². The minimum Gasteiger partial charge on any atom is -0.480 e. The smallest absolute Gasteiger partial charge is 0.233 e. The molecule has 0 atom stereocenters. The predicted molar refractivity (Wildman–Crippen MR) is 62.2 cm³/mol. The van der Waals surface area contributed by atoms with Crippen LogP contribution >= 0.6 is 11.6 Å². The molecule has 2 aromatic heterocycles.